The molecule has 0 spiro atoms. The van der Waals surface area contributed by atoms with Crippen molar-refractivity contribution in [3.05, 3.63) is 0 Å². The second-order valence-corrected chi connectivity index (χ2v) is 4.42. The number of rotatable bonds is 4. The lowest BCUT2D eigenvalue weighted by Gasteiger charge is -2.33. The number of hydrogen-bond donors (Lipinski definition) is 6. The largest absolute Gasteiger partial charge is 0.393 e. The third-order valence-corrected chi connectivity index (χ3v) is 3.35. The predicted octanol–water partition coefficient (Wildman–Crippen LogP) is -2.96. The molecule has 0 aromatic carbocycles. The highest BCUT2D eigenvalue weighted by atomic mass is 32.2. The van der Waals surface area contributed by atoms with Crippen LogP contribution in [-0.2, 0) is 0 Å². The van der Waals surface area contributed by atoms with Crippen LogP contribution in [0.25, 0.3) is 0 Å². The molecule has 6 N–H and O–H groups in total. The fraction of sp³-hybridized carbons (Fsp3) is 1.00. The van der Waals surface area contributed by atoms with E-state index < -0.39 is 30.0 Å². The van der Waals surface area contributed by atoms with Gasteiger partial charge in [-0.3, -0.25) is 0 Å². The van der Waals surface area contributed by atoms with Crippen LogP contribution in [-0.4, -0.2) is 67.8 Å². The third kappa shape index (κ3) is 2.37. The van der Waals surface area contributed by atoms with E-state index in [-0.39, 0.29) is 0 Å². The van der Waals surface area contributed by atoms with E-state index >= 15 is 0 Å². The van der Waals surface area contributed by atoms with E-state index in [1.54, 1.807) is 0 Å². The molecule has 0 radical (unpaired) electrons. The Labute approximate surface area is 85.6 Å². The van der Waals surface area contributed by atoms with Crippen molar-refractivity contribution in [2.45, 2.75) is 23.4 Å². The average Bonchev–Trinajstić information content (AvgIpc) is 2.67. The molecule has 1 aliphatic heterocycles. The first kappa shape index (κ1) is 12.2. The van der Waals surface area contributed by atoms with Crippen molar-refractivity contribution in [3.8, 4) is 0 Å². The molecule has 3 atom stereocenters. The minimum atomic E-state index is -2.69. The summed E-state index contributed by atoms with van der Waals surface area (Å²) in [5.74, 6) is -1.93. The highest BCUT2D eigenvalue weighted by molar-refractivity contribution is 8.00. The zero-order chi connectivity index (χ0) is 10.8. The number of aliphatic hydroxyl groups excluding tert-OH is 3. The molecule has 1 saturated heterocycles. The van der Waals surface area contributed by atoms with Crippen molar-refractivity contribution in [2.24, 2.45) is 0 Å². The molecule has 84 valence electrons. The number of hydrogen-bond acceptors (Lipinski definition) is 7. The van der Waals surface area contributed by atoms with Gasteiger partial charge in [0.05, 0.1) is 12.0 Å². The van der Waals surface area contributed by atoms with Crippen LogP contribution in [0.4, 0.5) is 0 Å². The van der Waals surface area contributed by atoms with Gasteiger partial charge in [-0.25, -0.2) is 0 Å². The van der Waals surface area contributed by atoms with E-state index in [1.165, 1.54) is 11.8 Å². The van der Waals surface area contributed by atoms with Crippen molar-refractivity contribution in [2.75, 3.05) is 18.9 Å². The summed E-state index contributed by atoms with van der Waals surface area (Å²) in [6.07, 6.45) is -3.32. The molecule has 0 amide bonds. The summed E-state index contributed by atoms with van der Waals surface area (Å²) in [4.78, 5) is 0. The van der Waals surface area contributed by atoms with E-state index in [9.17, 15) is 15.3 Å². The molecule has 1 heterocycles. The lowest BCUT2D eigenvalue weighted by atomic mass is 10.0. The molecule has 0 bridgehead atoms. The van der Waals surface area contributed by atoms with Crippen LogP contribution in [0.15, 0.2) is 0 Å². The Bertz CT molecular complexity index is 185. The molecule has 1 aliphatic rings. The van der Waals surface area contributed by atoms with E-state index in [0.29, 0.717) is 6.54 Å². The fourth-order valence-corrected chi connectivity index (χ4v) is 2.31. The minimum absolute atomic E-state index is 0.536. The maximum atomic E-state index is 9.52. The zero-order valence-electron chi connectivity index (χ0n) is 7.50. The lowest BCUT2D eigenvalue weighted by Crippen LogP contribution is -2.59. The summed E-state index contributed by atoms with van der Waals surface area (Å²) in [7, 11) is 0. The summed E-state index contributed by atoms with van der Waals surface area (Å²) in [6.45, 7) is -0.154. The summed E-state index contributed by atoms with van der Waals surface area (Å²) in [6, 6.07) is 0. The van der Waals surface area contributed by atoms with Gasteiger partial charge in [-0.2, -0.15) is 0 Å². The second kappa shape index (κ2) is 4.75. The van der Waals surface area contributed by atoms with Gasteiger partial charge in [-0.05, 0) is 0 Å². The summed E-state index contributed by atoms with van der Waals surface area (Å²) in [5.41, 5.74) is 0. The lowest BCUT2D eigenvalue weighted by molar-refractivity contribution is -0.280. The van der Waals surface area contributed by atoms with E-state index in [1.807, 2.05) is 0 Å². The van der Waals surface area contributed by atoms with Crippen molar-refractivity contribution >= 4 is 11.8 Å². The second-order valence-electron chi connectivity index (χ2n) is 3.17. The molecule has 7 heteroatoms. The van der Waals surface area contributed by atoms with Crippen molar-refractivity contribution in [1.29, 1.82) is 0 Å². The molecule has 0 aromatic rings. The van der Waals surface area contributed by atoms with Gasteiger partial charge in [0.25, 0.3) is 0 Å². The monoisotopic (exact) mass is 225 g/mol. The number of thioether (sulfide) groups is 1. The van der Waals surface area contributed by atoms with Crippen molar-refractivity contribution in [1.82, 2.24) is 5.32 Å². The first-order valence-corrected chi connectivity index (χ1v) is 5.31. The quantitative estimate of drug-likeness (QED) is 0.283. The van der Waals surface area contributed by atoms with Gasteiger partial charge < -0.3 is 30.8 Å². The molecule has 0 aliphatic carbocycles. The average molecular weight is 225 g/mol. The Morgan fingerprint density at radius 1 is 1.43 bits per heavy atom. The van der Waals surface area contributed by atoms with Gasteiger partial charge in [0.2, 0.25) is 5.79 Å². The van der Waals surface area contributed by atoms with Crippen molar-refractivity contribution in [3.63, 3.8) is 0 Å². The topological polar surface area (TPSA) is 113 Å². The van der Waals surface area contributed by atoms with Gasteiger partial charge in [-0.15, -0.1) is 11.8 Å². The van der Waals surface area contributed by atoms with Crippen LogP contribution in [0.3, 0.4) is 0 Å². The van der Waals surface area contributed by atoms with Crippen LogP contribution in [0, 0.1) is 0 Å². The minimum Gasteiger partial charge on any atom is -0.393 e. The zero-order valence-corrected chi connectivity index (χ0v) is 8.31. The first-order valence-electron chi connectivity index (χ1n) is 4.27. The van der Waals surface area contributed by atoms with E-state index in [2.05, 4.69) is 5.32 Å². The Kier molecular flexibility index (Phi) is 4.14. The maximum Gasteiger partial charge on any atom is 0.221 e. The first-order chi connectivity index (χ1) is 6.50. The van der Waals surface area contributed by atoms with E-state index in [0.717, 1.165) is 5.75 Å². The Morgan fingerprint density at radius 3 is 2.50 bits per heavy atom. The third-order valence-electron chi connectivity index (χ3n) is 2.13. The Balaban J connectivity index is 2.60. The van der Waals surface area contributed by atoms with Crippen LogP contribution >= 0.6 is 11.8 Å². The fourth-order valence-electron chi connectivity index (χ4n) is 1.20. The summed E-state index contributed by atoms with van der Waals surface area (Å²) < 4.78 is 0. The van der Waals surface area contributed by atoms with E-state index in [4.69, 9.17) is 10.2 Å². The van der Waals surface area contributed by atoms with Crippen LogP contribution in [0.2, 0.25) is 0 Å². The van der Waals surface area contributed by atoms with Crippen LogP contribution < -0.4 is 5.32 Å². The molecular weight excluding hydrogens is 210 g/mol. The normalized spacial score (nSPS) is 27.6. The van der Waals surface area contributed by atoms with Crippen molar-refractivity contribution < 1.29 is 25.5 Å². The van der Waals surface area contributed by atoms with Gasteiger partial charge in [0.15, 0.2) is 0 Å². The molecule has 1 fully saturated rings. The molecule has 0 aromatic heterocycles. The van der Waals surface area contributed by atoms with Gasteiger partial charge in [0, 0.05) is 12.3 Å². The molecule has 0 unspecified atom stereocenters. The summed E-state index contributed by atoms with van der Waals surface area (Å²) >= 11 is 1.33. The van der Waals surface area contributed by atoms with Gasteiger partial charge in [0.1, 0.15) is 12.2 Å². The van der Waals surface area contributed by atoms with Crippen LogP contribution in [0.1, 0.15) is 0 Å². The molecular formula is C7H15NO5S. The molecule has 0 saturated carbocycles. The molecule has 14 heavy (non-hydrogen) atoms. The van der Waals surface area contributed by atoms with Crippen LogP contribution in [0.5, 0.6) is 0 Å². The smallest absolute Gasteiger partial charge is 0.221 e. The predicted molar refractivity (Wildman–Crippen MR) is 50.5 cm³/mol. The van der Waals surface area contributed by atoms with Gasteiger partial charge >= 0.3 is 0 Å². The van der Waals surface area contributed by atoms with Gasteiger partial charge in [-0.1, -0.05) is 0 Å². The highest BCUT2D eigenvalue weighted by Gasteiger charge is 2.45. The Morgan fingerprint density at radius 2 is 2.07 bits per heavy atom. The highest BCUT2D eigenvalue weighted by Crippen LogP contribution is 2.24. The maximum absolute atomic E-state index is 9.52. The standard InChI is InChI=1S/C7H15NO5S/c9-3-4(10)7(12,13)5(11)6-8-1-2-14-6/h4-6,8-13H,1-3H2/t4-,5-,6+/m0/s1. The Hall–Kier alpha value is 0.110. The molecule has 6 nitrogen and oxygen atoms in total. The SMILES string of the molecule is OC[C@H](O)C(O)(O)[C@@H](O)[C@@H]1NCCS1. The number of nitrogens with one attached hydrogen (secondary N) is 1. The number of aliphatic hydroxyl groups is 5. The summed E-state index contributed by atoms with van der Waals surface area (Å²) in [5, 5.41) is 48.2. The molecule has 1 rings (SSSR count).